The lowest BCUT2D eigenvalue weighted by molar-refractivity contribution is -0.117. The molecule has 2 aromatic carbocycles. The Balaban J connectivity index is 1.91. The summed E-state index contributed by atoms with van der Waals surface area (Å²) >= 11 is 17.8. The molecule has 0 aliphatic carbocycles. The third kappa shape index (κ3) is 4.18. The molecule has 1 heterocycles. The number of hydrazone groups is 1. The minimum absolute atomic E-state index is 0.0487. The van der Waals surface area contributed by atoms with Gasteiger partial charge in [-0.05, 0) is 43.3 Å². The third-order valence-electron chi connectivity index (χ3n) is 3.72. The fourth-order valence-electron chi connectivity index (χ4n) is 2.37. The number of carbonyl (C=O) groups is 1. The van der Waals surface area contributed by atoms with Crippen LogP contribution in [0.2, 0.25) is 15.1 Å². The Kier molecular flexibility index (Phi) is 5.74. The zero-order valence-corrected chi connectivity index (χ0v) is 17.1. The van der Waals surface area contributed by atoms with E-state index in [1.165, 1.54) is 0 Å². The topological polar surface area (TPSA) is 112 Å². The molecule has 0 saturated heterocycles. The molecule has 0 saturated carbocycles. The normalized spacial score (nSPS) is 17.5. The van der Waals surface area contributed by atoms with E-state index in [1.54, 1.807) is 31.2 Å². The van der Waals surface area contributed by atoms with E-state index in [4.69, 9.17) is 39.4 Å². The van der Waals surface area contributed by atoms with Crippen LogP contribution in [0, 0.1) is 0 Å². The summed E-state index contributed by atoms with van der Waals surface area (Å²) in [6.07, 6.45) is 0. The SMILES string of the molecule is CC1=NN(c2cc(Cl)c(S(=O)(=O)O)cc2Cl)C(=O)C1N=Nc1ccc(Cl)cc1. The molecular formula is C16H11Cl3N4O4S. The van der Waals surface area contributed by atoms with Crippen LogP contribution in [0.15, 0.2) is 56.6 Å². The molecule has 0 bridgehead atoms. The van der Waals surface area contributed by atoms with Crippen molar-refractivity contribution >= 4 is 67.9 Å². The van der Waals surface area contributed by atoms with Gasteiger partial charge in [0, 0.05) is 5.02 Å². The van der Waals surface area contributed by atoms with Gasteiger partial charge in [-0.3, -0.25) is 9.35 Å². The summed E-state index contributed by atoms with van der Waals surface area (Å²) in [5, 5.41) is 13.2. The molecule has 1 unspecified atom stereocenters. The average molecular weight is 462 g/mol. The third-order valence-corrected chi connectivity index (χ3v) is 5.59. The Morgan fingerprint density at radius 2 is 1.75 bits per heavy atom. The van der Waals surface area contributed by atoms with E-state index in [1.807, 2.05) is 0 Å². The van der Waals surface area contributed by atoms with Gasteiger partial charge < -0.3 is 0 Å². The monoisotopic (exact) mass is 460 g/mol. The first-order chi connectivity index (χ1) is 13.1. The first kappa shape index (κ1) is 20.7. The summed E-state index contributed by atoms with van der Waals surface area (Å²) in [7, 11) is -4.57. The second-order valence-electron chi connectivity index (χ2n) is 5.69. The number of carbonyl (C=O) groups excluding carboxylic acids is 1. The number of azo groups is 1. The molecule has 1 atom stereocenters. The molecule has 1 aliphatic heterocycles. The van der Waals surface area contributed by atoms with Crippen molar-refractivity contribution in [2.75, 3.05) is 5.01 Å². The van der Waals surface area contributed by atoms with Crippen LogP contribution < -0.4 is 5.01 Å². The Bertz CT molecular complexity index is 1120. The van der Waals surface area contributed by atoms with Gasteiger partial charge >= 0.3 is 0 Å². The van der Waals surface area contributed by atoms with E-state index in [-0.39, 0.29) is 15.7 Å². The van der Waals surface area contributed by atoms with Crippen molar-refractivity contribution in [3.8, 4) is 0 Å². The van der Waals surface area contributed by atoms with Crippen molar-refractivity contribution in [1.29, 1.82) is 0 Å². The first-order valence-corrected chi connectivity index (χ1v) is 10.2. The van der Waals surface area contributed by atoms with Gasteiger partial charge in [0.05, 0.1) is 27.1 Å². The van der Waals surface area contributed by atoms with Crippen LogP contribution in [0.5, 0.6) is 0 Å². The van der Waals surface area contributed by atoms with Crippen LogP contribution in [0.25, 0.3) is 0 Å². The maximum absolute atomic E-state index is 12.7. The Labute approximate surface area is 175 Å². The number of amides is 1. The Hall–Kier alpha value is -2.04. The van der Waals surface area contributed by atoms with Gasteiger partial charge in [0.2, 0.25) is 0 Å². The van der Waals surface area contributed by atoms with Crippen LogP contribution in [-0.2, 0) is 14.9 Å². The van der Waals surface area contributed by atoms with Gasteiger partial charge in [-0.25, -0.2) is 0 Å². The zero-order chi connectivity index (χ0) is 20.6. The maximum Gasteiger partial charge on any atom is 0.296 e. The highest BCUT2D eigenvalue weighted by Gasteiger charge is 2.36. The van der Waals surface area contributed by atoms with Crippen LogP contribution in [0.3, 0.4) is 0 Å². The van der Waals surface area contributed by atoms with Gasteiger partial charge in [-0.1, -0.05) is 34.8 Å². The predicted molar refractivity (Wildman–Crippen MR) is 107 cm³/mol. The summed E-state index contributed by atoms with van der Waals surface area (Å²) in [5.74, 6) is -0.548. The molecule has 0 fully saturated rings. The number of hydrogen-bond acceptors (Lipinski definition) is 6. The lowest BCUT2D eigenvalue weighted by Gasteiger charge is -2.15. The summed E-state index contributed by atoms with van der Waals surface area (Å²) in [4.78, 5) is 12.1. The number of rotatable bonds is 4. The van der Waals surface area contributed by atoms with Crippen molar-refractivity contribution < 1.29 is 17.8 Å². The summed E-state index contributed by atoms with van der Waals surface area (Å²) in [6, 6.07) is 7.64. The first-order valence-electron chi connectivity index (χ1n) is 7.60. The van der Waals surface area contributed by atoms with Crippen molar-refractivity contribution in [2.45, 2.75) is 17.9 Å². The summed E-state index contributed by atoms with van der Waals surface area (Å²) in [5.41, 5.74) is 0.906. The highest BCUT2D eigenvalue weighted by molar-refractivity contribution is 7.86. The molecule has 146 valence electrons. The standard InChI is InChI=1S/C16H11Cl3N4O4S/c1-8-15(21-20-10-4-2-9(17)3-5-10)16(24)23(22-8)13-6-12(19)14(7-11(13)18)28(25,26)27/h2-7,15H,1H3,(H,25,26,27). The molecular weight excluding hydrogens is 451 g/mol. The Morgan fingerprint density at radius 1 is 1.11 bits per heavy atom. The highest BCUT2D eigenvalue weighted by Crippen LogP contribution is 2.36. The van der Waals surface area contributed by atoms with Crippen molar-refractivity contribution in [3.63, 3.8) is 0 Å². The van der Waals surface area contributed by atoms with Gasteiger partial charge in [0.1, 0.15) is 4.90 Å². The van der Waals surface area contributed by atoms with Gasteiger partial charge in [0.25, 0.3) is 16.0 Å². The maximum atomic E-state index is 12.7. The predicted octanol–water partition coefficient (Wildman–Crippen LogP) is 4.77. The van der Waals surface area contributed by atoms with E-state index in [2.05, 4.69) is 15.3 Å². The lowest BCUT2D eigenvalue weighted by atomic mass is 10.2. The van der Waals surface area contributed by atoms with E-state index in [0.29, 0.717) is 16.4 Å². The van der Waals surface area contributed by atoms with E-state index in [0.717, 1.165) is 17.1 Å². The molecule has 0 spiro atoms. The largest absolute Gasteiger partial charge is 0.296 e. The molecule has 1 amide bonds. The second kappa shape index (κ2) is 7.76. The van der Waals surface area contributed by atoms with Gasteiger partial charge in [-0.15, -0.1) is 0 Å². The summed E-state index contributed by atoms with van der Waals surface area (Å²) in [6.45, 7) is 1.59. The van der Waals surface area contributed by atoms with Crippen LogP contribution in [0.1, 0.15) is 6.92 Å². The van der Waals surface area contributed by atoms with E-state index >= 15 is 0 Å². The smallest absolute Gasteiger partial charge is 0.282 e. The van der Waals surface area contributed by atoms with Crippen molar-refractivity contribution in [2.24, 2.45) is 15.3 Å². The number of nitrogens with zero attached hydrogens (tertiary/aromatic N) is 4. The quantitative estimate of drug-likeness (QED) is 0.522. The van der Waals surface area contributed by atoms with Crippen molar-refractivity contribution in [3.05, 3.63) is 51.5 Å². The van der Waals surface area contributed by atoms with E-state index in [9.17, 15) is 13.2 Å². The zero-order valence-electron chi connectivity index (χ0n) is 14.0. The van der Waals surface area contributed by atoms with Gasteiger partial charge in [-0.2, -0.15) is 28.8 Å². The number of halogens is 3. The van der Waals surface area contributed by atoms with Crippen LogP contribution >= 0.6 is 34.8 Å². The molecule has 28 heavy (non-hydrogen) atoms. The van der Waals surface area contributed by atoms with Crippen molar-refractivity contribution in [1.82, 2.24) is 0 Å². The molecule has 1 aliphatic rings. The average Bonchev–Trinajstić information content (AvgIpc) is 2.89. The molecule has 2 aromatic rings. The van der Waals surface area contributed by atoms with Crippen LogP contribution in [-0.4, -0.2) is 30.6 Å². The second-order valence-corrected chi connectivity index (χ2v) is 8.34. The minimum atomic E-state index is -4.57. The fourth-order valence-corrected chi connectivity index (χ4v) is 3.83. The minimum Gasteiger partial charge on any atom is -0.282 e. The molecule has 3 rings (SSSR count). The molecule has 1 N–H and O–H groups in total. The number of hydrogen-bond donors (Lipinski definition) is 1. The molecule has 12 heteroatoms. The number of anilines is 1. The highest BCUT2D eigenvalue weighted by atomic mass is 35.5. The van der Waals surface area contributed by atoms with E-state index < -0.39 is 27.0 Å². The molecule has 0 aromatic heterocycles. The lowest BCUT2D eigenvalue weighted by Crippen LogP contribution is -2.30. The number of benzene rings is 2. The van der Waals surface area contributed by atoms with Gasteiger partial charge in [0.15, 0.2) is 6.04 Å². The summed E-state index contributed by atoms with van der Waals surface area (Å²) < 4.78 is 31.8. The molecule has 8 nitrogen and oxygen atoms in total. The Morgan fingerprint density at radius 3 is 2.36 bits per heavy atom. The fraction of sp³-hybridized carbons (Fsp3) is 0.125. The molecule has 0 radical (unpaired) electrons. The van der Waals surface area contributed by atoms with Crippen LogP contribution in [0.4, 0.5) is 11.4 Å².